The molecule has 1 fully saturated rings. The zero-order chi connectivity index (χ0) is 14.8. The van der Waals surface area contributed by atoms with Gasteiger partial charge in [-0.25, -0.2) is 4.79 Å². The van der Waals surface area contributed by atoms with Crippen molar-refractivity contribution in [2.45, 2.75) is 44.9 Å². The van der Waals surface area contributed by atoms with E-state index in [-0.39, 0.29) is 6.10 Å². The largest absolute Gasteiger partial charge is 0.480 e. The van der Waals surface area contributed by atoms with Crippen LogP contribution in [0.4, 0.5) is 0 Å². The molecule has 19 heavy (non-hydrogen) atoms. The molecule has 0 aromatic rings. The lowest BCUT2D eigenvalue weighted by Gasteiger charge is -2.57. The van der Waals surface area contributed by atoms with Crippen molar-refractivity contribution in [3.63, 3.8) is 0 Å². The second-order valence-electron chi connectivity index (χ2n) is 5.39. The Hall–Kier alpha value is -1.18. The van der Waals surface area contributed by atoms with Crippen molar-refractivity contribution in [3.05, 3.63) is 0 Å². The molecule has 0 heterocycles. The van der Waals surface area contributed by atoms with E-state index in [0.717, 1.165) is 0 Å². The van der Waals surface area contributed by atoms with Gasteiger partial charge in [0.2, 0.25) is 5.91 Å². The number of aliphatic carboxylic acids is 1. The van der Waals surface area contributed by atoms with Crippen LogP contribution >= 0.6 is 0 Å². The standard InChI is InChI=1S/C12H22N2O5/c1-4-19-8-5-12(13,11(8,2)3)10(18)14-7(6-15)9(16)17/h7-8,15H,4-6,13H2,1-3H3,(H,14,18)(H,16,17)/t7-,8?,12?/m1/s1. The van der Waals surface area contributed by atoms with Crippen LogP contribution in [-0.2, 0) is 14.3 Å². The van der Waals surface area contributed by atoms with Crippen molar-refractivity contribution in [2.24, 2.45) is 11.1 Å². The molecule has 1 amide bonds. The highest BCUT2D eigenvalue weighted by atomic mass is 16.5. The van der Waals surface area contributed by atoms with Crippen LogP contribution in [0.1, 0.15) is 27.2 Å². The molecular weight excluding hydrogens is 252 g/mol. The maximum absolute atomic E-state index is 12.1. The lowest BCUT2D eigenvalue weighted by Crippen LogP contribution is -2.76. The SMILES string of the molecule is CCOC1CC(N)(C(=O)N[C@H](CO)C(=O)O)C1(C)C. The molecule has 7 heteroatoms. The zero-order valence-electron chi connectivity index (χ0n) is 11.5. The summed E-state index contributed by atoms with van der Waals surface area (Å²) in [5.41, 5.74) is 4.30. The fourth-order valence-corrected chi connectivity index (χ4v) is 2.29. The van der Waals surface area contributed by atoms with Crippen LogP contribution in [0.2, 0.25) is 0 Å². The summed E-state index contributed by atoms with van der Waals surface area (Å²) < 4.78 is 5.49. The third-order valence-electron chi connectivity index (χ3n) is 4.02. The summed E-state index contributed by atoms with van der Waals surface area (Å²) in [5, 5.41) is 20.0. The monoisotopic (exact) mass is 274 g/mol. The first-order valence-electron chi connectivity index (χ1n) is 6.25. The van der Waals surface area contributed by atoms with Crippen LogP contribution < -0.4 is 11.1 Å². The predicted octanol–water partition coefficient (Wildman–Crippen LogP) is -0.919. The maximum atomic E-state index is 12.1. The summed E-state index contributed by atoms with van der Waals surface area (Å²) in [5.74, 6) is -1.87. The molecular formula is C12H22N2O5. The van der Waals surface area contributed by atoms with E-state index in [1.54, 1.807) is 0 Å². The van der Waals surface area contributed by atoms with Gasteiger partial charge in [0.1, 0.15) is 11.6 Å². The minimum atomic E-state index is -1.34. The highest BCUT2D eigenvalue weighted by Crippen LogP contribution is 2.49. The lowest BCUT2D eigenvalue weighted by molar-refractivity contribution is -0.172. The normalized spacial score (nSPS) is 30.3. The Morgan fingerprint density at radius 1 is 1.53 bits per heavy atom. The Balaban J connectivity index is 2.75. The molecule has 110 valence electrons. The van der Waals surface area contributed by atoms with Gasteiger partial charge in [0.15, 0.2) is 0 Å². The minimum Gasteiger partial charge on any atom is -0.480 e. The van der Waals surface area contributed by atoms with E-state index >= 15 is 0 Å². The fourth-order valence-electron chi connectivity index (χ4n) is 2.29. The molecule has 1 aliphatic carbocycles. The summed E-state index contributed by atoms with van der Waals surface area (Å²) in [6.45, 7) is 5.34. The van der Waals surface area contributed by atoms with E-state index in [1.807, 2.05) is 20.8 Å². The molecule has 2 unspecified atom stereocenters. The number of amides is 1. The molecule has 0 aromatic heterocycles. The summed E-state index contributed by atoms with van der Waals surface area (Å²) in [6.07, 6.45) is 0.197. The van der Waals surface area contributed by atoms with E-state index in [0.29, 0.717) is 13.0 Å². The number of nitrogens with two attached hydrogens (primary N) is 1. The number of aliphatic hydroxyl groups is 1. The number of rotatable bonds is 6. The Morgan fingerprint density at radius 2 is 2.11 bits per heavy atom. The van der Waals surface area contributed by atoms with Crippen LogP contribution in [0.5, 0.6) is 0 Å². The van der Waals surface area contributed by atoms with Gasteiger partial charge in [-0.15, -0.1) is 0 Å². The van der Waals surface area contributed by atoms with Crippen LogP contribution in [-0.4, -0.2) is 53.0 Å². The van der Waals surface area contributed by atoms with Gasteiger partial charge in [0.25, 0.3) is 0 Å². The number of nitrogens with one attached hydrogen (secondary N) is 1. The topological polar surface area (TPSA) is 122 Å². The van der Waals surface area contributed by atoms with Crippen LogP contribution in [0.25, 0.3) is 0 Å². The average molecular weight is 274 g/mol. The van der Waals surface area contributed by atoms with Crippen molar-refractivity contribution in [1.29, 1.82) is 0 Å². The van der Waals surface area contributed by atoms with Crippen LogP contribution in [0.3, 0.4) is 0 Å². The van der Waals surface area contributed by atoms with Gasteiger partial charge >= 0.3 is 5.97 Å². The van der Waals surface area contributed by atoms with Gasteiger partial charge < -0.3 is 26.0 Å². The second kappa shape index (κ2) is 5.44. The van der Waals surface area contributed by atoms with Gasteiger partial charge in [0, 0.05) is 18.4 Å². The number of carbonyl (C=O) groups is 2. The summed E-state index contributed by atoms with van der Waals surface area (Å²) in [4.78, 5) is 22.9. The Morgan fingerprint density at radius 3 is 2.47 bits per heavy atom. The van der Waals surface area contributed by atoms with Gasteiger partial charge in [-0.3, -0.25) is 4.79 Å². The molecule has 0 aliphatic heterocycles. The quantitative estimate of drug-likeness (QED) is 0.497. The van der Waals surface area contributed by atoms with Crippen molar-refractivity contribution in [3.8, 4) is 0 Å². The summed E-state index contributed by atoms with van der Waals surface area (Å²) in [6, 6.07) is -1.34. The van der Waals surface area contributed by atoms with Gasteiger partial charge in [0.05, 0.1) is 12.7 Å². The van der Waals surface area contributed by atoms with Crippen LogP contribution in [0, 0.1) is 5.41 Å². The molecule has 0 radical (unpaired) electrons. The molecule has 3 atom stereocenters. The van der Waals surface area contributed by atoms with E-state index in [2.05, 4.69) is 5.32 Å². The van der Waals surface area contributed by atoms with Crippen molar-refractivity contribution < 1.29 is 24.5 Å². The van der Waals surface area contributed by atoms with E-state index in [9.17, 15) is 9.59 Å². The molecule has 0 saturated heterocycles. The molecule has 1 rings (SSSR count). The molecule has 1 saturated carbocycles. The summed E-state index contributed by atoms with van der Waals surface area (Å²) >= 11 is 0. The van der Waals surface area contributed by atoms with Crippen molar-refractivity contribution >= 4 is 11.9 Å². The Bertz CT molecular complexity index is 371. The summed E-state index contributed by atoms with van der Waals surface area (Å²) in [7, 11) is 0. The molecule has 5 N–H and O–H groups in total. The van der Waals surface area contributed by atoms with Crippen molar-refractivity contribution in [1.82, 2.24) is 5.32 Å². The zero-order valence-corrected chi connectivity index (χ0v) is 11.5. The first-order chi connectivity index (χ1) is 8.70. The second-order valence-corrected chi connectivity index (χ2v) is 5.39. The highest BCUT2D eigenvalue weighted by molar-refractivity contribution is 5.92. The first-order valence-corrected chi connectivity index (χ1v) is 6.25. The predicted molar refractivity (Wildman–Crippen MR) is 67.4 cm³/mol. The molecule has 1 aliphatic rings. The molecule has 0 bridgehead atoms. The Labute approximate surface area is 112 Å². The lowest BCUT2D eigenvalue weighted by atomic mass is 9.54. The van der Waals surface area contributed by atoms with Gasteiger partial charge in [-0.2, -0.15) is 0 Å². The molecule has 0 spiro atoms. The number of hydrogen-bond donors (Lipinski definition) is 4. The van der Waals surface area contributed by atoms with Crippen LogP contribution in [0.15, 0.2) is 0 Å². The number of carbonyl (C=O) groups excluding carboxylic acids is 1. The fraction of sp³-hybridized carbons (Fsp3) is 0.833. The average Bonchev–Trinajstić information content (AvgIpc) is 2.34. The number of carboxylic acid groups (broad SMARTS) is 1. The smallest absolute Gasteiger partial charge is 0.328 e. The maximum Gasteiger partial charge on any atom is 0.328 e. The third-order valence-corrected chi connectivity index (χ3v) is 4.02. The van der Waals surface area contributed by atoms with Gasteiger partial charge in [-0.1, -0.05) is 13.8 Å². The molecule has 7 nitrogen and oxygen atoms in total. The number of ether oxygens (including phenoxy) is 1. The minimum absolute atomic E-state index is 0.134. The first kappa shape index (κ1) is 15.9. The van der Waals surface area contributed by atoms with E-state index in [1.165, 1.54) is 0 Å². The highest BCUT2D eigenvalue weighted by Gasteiger charge is 2.63. The van der Waals surface area contributed by atoms with Crippen molar-refractivity contribution in [2.75, 3.05) is 13.2 Å². The number of hydrogen-bond acceptors (Lipinski definition) is 5. The number of carboxylic acids is 1. The Kier molecular flexibility index (Phi) is 4.54. The van der Waals surface area contributed by atoms with E-state index in [4.69, 9.17) is 20.7 Å². The number of aliphatic hydroxyl groups excluding tert-OH is 1. The van der Waals surface area contributed by atoms with Gasteiger partial charge in [-0.05, 0) is 6.92 Å². The third kappa shape index (κ3) is 2.58. The van der Waals surface area contributed by atoms with E-state index < -0.39 is 35.5 Å². The molecule has 0 aromatic carbocycles.